The molecular weight excluding hydrogens is 1340 g/mol. The van der Waals surface area contributed by atoms with Crippen LogP contribution in [0.2, 0.25) is 0 Å². The van der Waals surface area contributed by atoms with Crippen LogP contribution in [0.5, 0.6) is 11.5 Å². The number of phenolic OH excluding ortho intramolecular Hbond substituents is 2. The van der Waals surface area contributed by atoms with Crippen LogP contribution in [0.1, 0.15) is 91.8 Å². The maximum absolute atomic E-state index is 15.2. The first-order valence-electron chi connectivity index (χ1n) is 33.1. The summed E-state index contributed by atoms with van der Waals surface area (Å²) in [6.07, 6.45) is 4.52. The van der Waals surface area contributed by atoms with Crippen molar-refractivity contribution in [2.75, 3.05) is 31.1 Å². The summed E-state index contributed by atoms with van der Waals surface area (Å²) < 4.78 is 14.9. The number of imidazole rings is 1. The molecule has 101 heavy (non-hydrogen) atoms. The second-order valence-corrected chi connectivity index (χ2v) is 27.6. The van der Waals surface area contributed by atoms with E-state index in [0.717, 1.165) is 11.1 Å². The molecule has 28 nitrogen and oxygen atoms in total. The summed E-state index contributed by atoms with van der Waals surface area (Å²) in [6, 6.07) is 12.1. The summed E-state index contributed by atoms with van der Waals surface area (Å²) in [5.41, 5.74) is 14.4. The molecule has 0 saturated carbocycles. The second kappa shape index (κ2) is 35.2. The Morgan fingerprint density at radius 2 is 1.27 bits per heavy atom. The standard InChI is InChI=1S/C70H83FN14O14S2/c1-70-18-5-20-85(70)69(99)58(23-39-9-12-47(86)13-10-39)84-67(97)56(28-46-33-74-38-78-46)82-68(98)57(30-62(91)92)83-66(96)55(25-43-32-76-52-16-14-48(87)29-50(43)52)81-65(95)54(24-42-31-75-51-15-11-45(71)27-49(42)51)80-61(90)34-77-64(94)53(8-2-3-19-72)79-60(89)17-21-100-35-40-6-4-7-41(22-40)36-101-37-44(63(73)93)26-59(70)88/h4,6-7,9-16,22,27,29,31-33,38,44,53-58,75-76,86-87H,2-3,5,8,17-21,23-26,28,30,34-37,72H2,1H3,(H2,73,93)(H,74,78)(H,77,94)(H,79,89)(H,80,90)(H,81,95)(H,82,98)(H,83,96)(H,84,97)(H,91,92)/t44-,53-,54-,55-,56-,57-,58-,70-/m0/s1. The topological polar surface area (TPSA) is 448 Å². The minimum absolute atomic E-state index is 0.0212. The molecule has 0 spiro atoms. The van der Waals surface area contributed by atoms with Gasteiger partial charge in [-0.3, -0.25) is 52.7 Å². The lowest BCUT2D eigenvalue weighted by Gasteiger charge is -2.37. The zero-order valence-corrected chi connectivity index (χ0v) is 57.1. The number of rotatable bonds is 15. The van der Waals surface area contributed by atoms with Crippen LogP contribution in [0.25, 0.3) is 21.8 Å². The minimum atomic E-state index is -2.02. The van der Waals surface area contributed by atoms with Crippen molar-refractivity contribution in [2.24, 2.45) is 17.4 Å². The van der Waals surface area contributed by atoms with E-state index in [2.05, 4.69) is 57.2 Å². The normalized spacial score (nSPS) is 22.8. The minimum Gasteiger partial charge on any atom is -0.508 e. The van der Waals surface area contributed by atoms with E-state index < -0.39 is 138 Å². The molecule has 2 aliphatic heterocycles. The highest BCUT2D eigenvalue weighted by atomic mass is 32.2. The van der Waals surface area contributed by atoms with Crippen molar-refractivity contribution < 1.29 is 72.4 Å². The van der Waals surface area contributed by atoms with Crippen molar-refractivity contribution in [3.8, 4) is 11.5 Å². The van der Waals surface area contributed by atoms with E-state index in [1.807, 2.05) is 24.3 Å². The van der Waals surface area contributed by atoms with Gasteiger partial charge in [0, 0.05) is 114 Å². The number of primary amides is 1. The molecule has 2 bridgehead atoms. The van der Waals surface area contributed by atoms with Gasteiger partial charge < -0.3 is 83.9 Å². The van der Waals surface area contributed by atoms with E-state index in [1.165, 1.54) is 108 Å². The number of aliphatic carboxylic acids is 1. The molecule has 0 unspecified atom stereocenters. The zero-order chi connectivity index (χ0) is 72.3. The van der Waals surface area contributed by atoms with Crippen molar-refractivity contribution in [3.63, 3.8) is 0 Å². The molecule has 4 aromatic carbocycles. The molecule has 9 amide bonds. The number of aromatic hydroxyl groups is 2. The van der Waals surface area contributed by atoms with Gasteiger partial charge in [0.15, 0.2) is 5.78 Å². The summed E-state index contributed by atoms with van der Waals surface area (Å²) in [7, 11) is 0. The highest BCUT2D eigenvalue weighted by Crippen LogP contribution is 2.34. The molecule has 0 aliphatic carbocycles. The Hall–Kier alpha value is -10.3. The van der Waals surface area contributed by atoms with Crippen molar-refractivity contribution in [1.29, 1.82) is 0 Å². The maximum atomic E-state index is 15.2. The van der Waals surface area contributed by atoms with Gasteiger partial charge in [-0.25, -0.2) is 9.37 Å². The summed E-state index contributed by atoms with van der Waals surface area (Å²) in [4.78, 5) is 172. The Morgan fingerprint density at radius 1 is 0.663 bits per heavy atom. The molecule has 8 atom stereocenters. The largest absolute Gasteiger partial charge is 0.508 e. The molecule has 0 radical (unpaired) electrons. The van der Waals surface area contributed by atoms with Gasteiger partial charge in [-0.05, 0) is 122 Å². The Bertz CT molecular complexity index is 4150. The molecule has 9 rings (SSSR count). The van der Waals surface area contributed by atoms with Gasteiger partial charge in [-0.2, -0.15) is 23.5 Å². The van der Waals surface area contributed by atoms with Crippen LogP contribution >= 0.6 is 23.5 Å². The number of H-pyrrole nitrogens is 3. The van der Waals surface area contributed by atoms with Gasteiger partial charge in [-0.1, -0.05) is 36.4 Å². The molecule has 1 saturated heterocycles. The van der Waals surface area contributed by atoms with E-state index in [4.69, 9.17) is 11.5 Å². The number of ketones is 1. The van der Waals surface area contributed by atoms with Crippen LogP contribution in [-0.4, -0.2) is 178 Å². The quantitative estimate of drug-likeness (QED) is 0.0656. The average molecular weight is 1430 g/mol. The van der Waals surface area contributed by atoms with Crippen molar-refractivity contribution >= 4 is 110 Å². The molecule has 5 heterocycles. The number of amides is 9. The fourth-order valence-electron chi connectivity index (χ4n) is 12.4. The number of nitrogens with two attached hydrogens (primary N) is 2. The van der Waals surface area contributed by atoms with E-state index in [1.54, 1.807) is 13.0 Å². The van der Waals surface area contributed by atoms with E-state index in [-0.39, 0.29) is 74.4 Å². The fourth-order valence-corrected chi connectivity index (χ4v) is 14.4. The first kappa shape index (κ1) is 74.9. The number of carbonyl (C=O) groups excluding carboxylic acids is 10. The highest BCUT2D eigenvalue weighted by Gasteiger charge is 2.48. The monoisotopic (exact) mass is 1430 g/mol. The molecule has 7 aromatic rings. The van der Waals surface area contributed by atoms with Crippen LogP contribution in [0.3, 0.4) is 0 Å². The molecule has 1 fully saturated rings. The lowest BCUT2D eigenvalue weighted by atomic mass is 9.86. The smallest absolute Gasteiger partial charge is 0.305 e. The van der Waals surface area contributed by atoms with Crippen molar-refractivity contribution in [1.82, 2.24) is 62.1 Å². The summed E-state index contributed by atoms with van der Waals surface area (Å²) >= 11 is 2.87. The number of hydrogen-bond donors (Lipinski definition) is 15. The molecule has 536 valence electrons. The number of fused-ring (bicyclic) bond motifs is 5. The third-order valence-corrected chi connectivity index (χ3v) is 20.1. The van der Waals surface area contributed by atoms with Gasteiger partial charge in [0.1, 0.15) is 53.6 Å². The number of carbonyl (C=O) groups is 11. The molecule has 2 aliphatic rings. The first-order chi connectivity index (χ1) is 48.4. The Morgan fingerprint density at radius 3 is 1.92 bits per heavy atom. The van der Waals surface area contributed by atoms with Crippen LogP contribution < -0.4 is 48.7 Å². The second-order valence-electron chi connectivity index (χ2n) is 25.4. The number of hydrogen-bond acceptors (Lipinski definition) is 17. The summed E-state index contributed by atoms with van der Waals surface area (Å²) in [6.45, 7) is 1.22. The number of thioether (sulfide) groups is 2. The highest BCUT2D eigenvalue weighted by molar-refractivity contribution is 7.98. The number of carboxylic acids is 1. The molecule has 31 heteroatoms. The van der Waals surface area contributed by atoms with E-state index >= 15 is 19.2 Å². The van der Waals surface area contributed by atoms with Crippen LogP contribution in [-0.2, 0) is 89.9 Å². The number of aromatic amines is 3. The molecule has 17 N–H and O–H groups in total. The summed E-state index contributed by atoms with van der Waals surface area (Å²) in [5, 5.41) is 50.3. The van der Waals surface area contributed by atoms with E-state index in [0.29, 0.717) is 81.6 Å². The van der Waals surface area contributed by atoms with Crippen LogP contribution in [0, 0.1) is 11.7 Å². The number of unbranched alkanes of at least 4 members (excludes halogenated alkanes) is 1. The fraction of sp³-hybridized carbons (Fsp3) is 0.400. The number of Topliss-reactive ketones (excluding diaryl/α,β-unsaturated/α-hetero) is 1. The number of halogens is 1. The van der Waals surface area contributed by atoms with Crippen molar-refractivity contribution in [3.05, 3.63) is 149 Å². The van der Waals surface area contributed by atoms with Crippen LogP contribution in [0.4, 0.5) is 4.39 Å². The van der Waals surface area contributed by atoms with Gasteiger partial charge in [0.25, 0.3) is 0 Å². The first-order valence-corrected chi connectivity index (χ1v) is 35.4. The number of benzene rings is 4. The van der Waals surface area contributed by atoms with Gasteiger partial charge in [0.05, 0.1) is 30.7 Å². The number of carboxylic acid groups (broad SMARTS) is 1. The zero-order valence-electron chi connectivity index (χ0n) is 55.4. The Kier molecular flexibility index (Phi) is 26.1. The van der Waals surface area contributed by atoms with Gasteiger partial charge >= 0.3 is 5.97 Å². The average Bonchev–Trinajstić information content (AvgIpc) is 1.70. The Balaban J connectivity index is 1.06. The third-order valence-electron chi connectivity index (χ3n) is 17.9. The van der Waals surface area contributed by atoms with Crippen LogP contribution in [0.15, 0.2) is 110 Å². The SMILES string of the molecule is C[C@@]12CCCN1C(=O)[C@H](Cc1ccc(O)cc1)NC(=O)[C@H](Cc1cnc[nH]1)NC(=O)[C@H](CC(=O)O)NC(=O)[C@H](Cc1c[nH]c3ccc(O)cc13)NC(=O)[C@H](Cc1c[nH]c3ccc(F)cc13)NC(=O)CNC(=O)[C@H](CCCCN)NC(=O)CCSCc1cccc(c1)CSC[C@@H](C(N)=O)CC2=O. The molecular formula is C70H83FN14O14S2. The van der Waals surface area contributed by atoms with Gasteiger partial charge in [0.2, 0.25) is 53.2 Å². The number of nitrogens with zero attached hydrogens (tertiary/aromatic N) is 2. The predicted molar refractivity (Wildman–Crippen MR) is 375 cm³/mol. The third kappa shape index (κ3) is 20.7. The maximum Gasteiger partial charge on any atom is 0.305 e. The van der Waals surface area contributed by atoms with E-state index in [9.17, 15) is 53.3 Å². The lowest BCUT2D eigenvalue weighted by Crippen LogP contribution is -2.61. The number of phenols is 2. The number of nitrogens with one attached hydrogen (secondary N) is 10. The Labute approximate surface area is 588 Å². The van der Waals surface area contributed by atoms with Crippen molar-refractivity contribution in [2.45, 2.75) is 137 Å². The summed E-state index contributed by atoms with van der Waals surface area (Å²) in [5.74, 6) is -10.3. The predicted octanol–water partition coefficient (Wildman–Crippen LogP) is 2.83. The number of aromatic nitrogens is 4. The lowest BCUT2D eigenvalue weighted by molar-refractivity contribution is -0.146. The molecule has 3 aromatic heterocycles. The van der Waals surface area contributed by atoms with Gasteiger partial charge in [-0.15, -0.1) is 0 Å².